The molecule has 0 saturated carbocycles. The SMILES string of the molecule is Cc1ccc(OCC#CCOc2cc3ccccc3n(C)c2=O)cc1. The fourth-order valence-electron chi connectivity index (χ4n) is 2.47. The maximum absolute atomic E-state index is 12.3. The molecule has 0 unspecified atom stereocenters. The maximum atomic E-state index is 12.3. The highest BCUT2D eigenvalue weighted by Gasteiger charge is 2.06. The molecular formula is C21H19NO3. The lowest BCUT2D eigenvalue weighted by molar-refractivity contribution is 0.358. The molecule has 0 amide bonds. The Morgan fingerprint density at radius 1 is 0.960 bits per heavy atom. The minimum Gasteiger partial charge on any atom is -0.481 e. The molecule has 0 spiro atoms. The number of ether oxygens (including phenoxy) is 2. The van der Waals surface area contributed by atoms with E-state index in [1.807, 2.05) is 55.5 Å². The second kappa shape index (κ2) is 7.59. The van der Waals surface area contributed by atoms with E-state index in [0.717, 1.165) is 16.7 Å². The lowest BCUT2D eigenvalue weighted by atomic mass is 10.2. The average molecular weight is 333 g/mol. The Bertz CT molecular complexity index is 992. The van der Waals surface area contributed by atoms with Gasteiger partial charge in [0, 0.05) is 12.4 Å². The Balaban J connectivity index is 1.59. The zero-order valence-electron chi connectivity index (χ0n) is 14.3. The van der Waals surface area contributed by atoms with Crippen LogP contribution >= 0.6 is 0 Å². The molecule has 0 N–H and O–H groups in total. The highest BCUT2D eigenvalue weighted by Crippen LogP contribution is 2.16. The average Bonchev–Trinajstić information content (AvgIpc) is 2.63. The van der Waals surface area contributed by atoms with Crippen molar-refractivity contribution in [3.8, 4) is 23.3 Å². The number of fused-ring (bicyclic) bond motifs is 1. The summed E-state index contributed by atoms with van der Waals surface area (Å²) in [5.41, 5.74) is 1.89. The zero-order valence-corrected chi connectivity index (χ0v) is 14.3. The molecule has 0 aliphatic heterocycles. The molecule has 0 bridgehead atoms. The van der Waals surface area contributed by atoms with Crippen molar-refractivity contribution in [2.75, 3.05) is 13.2 Å². The fraction of sp³-hybridized carbons (Fsp3) is 0.190. The third-order valence-corrected chi connectivity index (χ3v) is 3.86. The lowest BCUT2D eigenvalue weighted by Crippen LogP contribution is -2.19. The van der Waals surface area contributed by atoms with Crippen molar-refractivity contribution in [1.29, 1.82) is 0 Å². The minimum atomic E-state index is -0.170. The molecule has 0 saturated heterocycles. The van der Waals surface area contributed by atoms with Gasteiger partial charge in [0.15, 0.2) is 5.75 Å². The summed E-state index contributed by atoms with van der Waals surface area (Å²) in [5, 5.41) is 0.954. The lowest BCUT2D eigenvalue weighted by Gasteiger charge is -2.08. The Labute approximate surface area is 146 Å². The van der Waals surface area contributed by atoms with E-state index in [2.05, 4.69) is 11.8 Å². The van der Waals surface area contributed by atoms with Gasteiger partial charge in [-0.15, -0.1) is 0 Å². The van der Waals surface area contributed by atoms with Crippen molar-refractivity contribution in [2.24, 2.45) is 7.05 Å². The molecule has 0 fully saturated rings. The number of hydrogen-bond acceptors (Lipinski definition) is 3. The fourth-order valence-corrected chi connectivity index (χ4v) is 2.47. The van der Waals surface area contributed by atoms with Crippen molar-refractivity contribution in [2.45, 2.75) is 6.92 Å². The van der Waals surface area contributed by atoms with Crippen LogP contribution in [-0.2, 0) is 7.05 Å². The Morgan fingerprint density at radius 2 is 1.64 bits per heavy atom. The standard InChI is InChI=1S/C21H19NO3/c1-16-9-11-18(12-10-16)24-13-5-6-14-25-20-15-17-7-3-4-8-19(17)22(2)21(20)23/h3-4,7-12,15H,13-14H2,1-2H3. The summed E-state index contributed by atoms with van der Waals surface area (Å²) < 4.78 is 12.6. The van der Waals surface area contributed by atoms with E-state index in [9.17, 15) is 4.79 Å². The van der Waals surface area contributed by atoms with Gasteiger partial charge in [-0.05, 0) is 31.2 Å². The van der Waals surface area contributed by atoms with Gasteiger partial charge in [-0.1, -0.05) is 47.7 Å². The van der Waals surface area contributed by atoms with Gasteiger partial charge in [0.05, 0.1) is 5.52 Å². The molecule has 0 atom stereocenters. The van der Waals surface area contributed by atoms with Gasteiger partial charge in [-0.25, -0.2) is 0 Å². The molecular weight excluding hydrogens is 314 g/mol. The van der Waals surface area contributed by atoms with Crippen LogP contribution < -0.4 is 15.0 Å². The first-order valence-corrected chi connectivity index (χ1v) is 8.02. The van der Waals surface area contributed by atoms with Crippen molar-refractivity contribution < 1.29 is 9.47 Å². The first-order chi connectivity index (χ1) is 12.1. The van der Waals surface area contributed by atoms with Gasteiger partial charge < -0.3 is 14.0 Å². The molecule has 0 aliphatic rings. The van der Waals surface area contributed by atoms with Crippen LogP contribution in [0.4, 0.5) is 0 Å². The molecule has 3 rings (SSSR count). The van der Waals surface area contributed by atoms with E-state index in [0.29, 0.717) is 5.75 Å². The Kier molecular flexibility index (Phi) is 5.06. The summed E-state index contributed by atoms with van der Waals surface area (Å²) in [5.74, 6) is 6.83. The predicted molar refractivity (Wildman–Crippen MR) is 99.1 cm³/mol. The summed E-state index contributed by atoms with van der Waals surface area (Å²) in [4.78, 5) is 12.3. The van der Waals surface area contributed by atoms with Crippen LogP contribution in [0.5, 0.6) is 11.5 Å². The zero-order chi connectivity index (χ0) is 17.6. The van der Waals surface area contributed by atoms with Gasteiger partial charge in [0.2, 0.25) is 0 Å². The Hall–Kier alpha value is -3.19. The van der Waals surface area contributed by atoms with Crippen LogP contribution in [-0.4, -0.2) is 17.8 Å². The van der Waals surface area contributed by atoms with Gasteiger partial charge >= 0.3 is 0 Å². The van der Waals surface area contributed by atoms with Gasteiger partial charge in [-0.2, -0.15) is 0 Å². The number of nitrogens with zero attached hydrogens (tertiary/aromatic N) is 1. The van der Waals surface area contributed by atoms with Crippen molar-refractivity contribution in [3.63, 3.8) is 0 Å². The van der Waals surface area contributed by atoms with Crippen LogP contribution in [0.3, 0.4) is 0 Å². The van der Waals surface area contributed by atoms with E-state index in [1.54, 1.807) is 17.7 Å². The van der Waals surface area contributed by atoms with Crippen LogP contribution in [0.1, 0.15) is 5.56 Å². The van der Waals surface area contributed by atoms with Crippen molar-refractivity contribution in [3.05, 3.63) is 70.5 Å². The summed E-state index contributed by atoms with van der Waals surface area (Å²) in [6.45, 7) is 2.45. The highest BCUT2D eigenvalue weighted by atomic mass is 16.5. The summed E-state index contributed by atoms with van der Waals surface area (Å²) in [7, 11) is 1.73. The number of benzene rings is 2. The van der Waals surface area contributed by atoms with E-state index < -0.39 is 0 Å². The molecule has 0 aliphatic carbocycles. The second-order valence-corrected chi connectivity index (χ2v) is 5.68. The molecule has 4 heteroatoms. The van der Waals surface area contributed by atoms with E-state index in [4.69, 9.17) is 9.47 Å². The monoisotopic (exact) mass is 333 g/mol. The molecule has 1 aromatic heterocycles. The first kappa shape index (κ1) is 16.7. The third kappa shape index (κ3) is 4.02. The van der Waals surface area contributed by atoms with Gasteiger partial charge in [-0.3, -0.25) is 4.79 Å². The molecule has 126 valence electrons. The quantitative estimate of drug-likeness (QED) is 0.688. The maximum Gasteiger partial charge on any atom is 0.293 e. The number of pyridine rings is 1. The predicted octanol–water partition coefficient (Wildman–Crippen LogP) is 3.31. The van der Waals surface area contributed by atoms with E-state index >= 15 is 0 Å². The van der Waals surface area contributed by atoms with Gasteiger partial charge in [0.1, 0.15) is 19.0 Å². The van der Waals surface area contributed by atoms with Crippen LogP contribution in [0.15, 0.2) is 59.4 Å². The number of aromatic nitrogens is 1. The number of rotatable bonds is 4. The third-order valence-electron chi connectivity index (χ3n) is 3.86. The molecule has 2 aromatic carbocycles. The summed E-state index contributed by atoms with van der Waals surface area (Å²) in [6, 6.07) is 17.2. The van der Waals surface area contributed by atoms with Crippen molar-refractivity contribution in [1.82, 2.24) is 4.57 Å². The topological polar surface area (TPSA) is 40.5 Å². The van der Waals surface area contributed by atoms with Gasteiger partial charge in [0.25, 0.3) is 5.56 Å². The number of para-hydroxylation sites is 1. The highest BCUT2D eigenvalue weighted by molar-refractivity contribution is 5.80. The van der Waals surface area contributed by atoms with E-state index in [1.165, 1.54) is 5.56 Å². The van der Waals surface area contributed by atoms with Crippen molar-refractivity contribution >= 4 is 10.9 Å². The smallest absolute Gasteiger partial charge is 0.293 e. The van der Waals surface area contributed by atoms with Crippen LogP contribution in [0, 0.1) is 18.8 Å². The molecule has 4 nitrogen and oxygen atoms in total. The second-order valence-electron chi connectivity index (χ2n) is 5.68. The normalized spacial score (nSPS) is 10.2. The number of hydrogen-bond donors (Lipinski definition) is 0. The molecule has 25 heavy (non-hydrogen) atoms. The number of aryl methyl sites for hydroxylation is 2. The van der Waals surface area contributed by atoms with Crippen LogP contribution in [0.2, 0.25) is 0 Å². The first-order valence-electron chi connectivity index (χ1n) is 8.02. The molecule has 1 heterocycles. The molecule has 3 aromatic rings. The molecule has 0 radical (unpaired) electrons. The van der Waals surface area contributed by atoms with Crippen LogP contribution in [0.25, 0.3) is 10.9 Å². The van der Waals surface area contributed by atoms with E-state index in [-0.39, 0.29) is 18.8 Å². The minimum absolute atomic E-state index is 0.144. The summed E-state index contributed by atoms with van der Waals surface area (Å²) >= 11 is 0. The largest absolute Gasteiger partial charge is 0.481 e. The summed E-state index contributed by atoms with van der Waals surface area (Å²) in [6.07, 6.45) is 0. The Morgan fingerprint density at radius 3 is 2.40 bits per heavy atom.